The maximum absolute atomic E-state index is 12.9. The Balaban J connectivity index is 1.67. The van der Waals surface area contributed by atoms with Crippen LogP contribution in [-0.4, -0.2) is 43.3 Å². The standard InChI is InChI=1S/C26H27N3O5S/c1-16-23(25(31)34-4)24(18-10-20(32-2)13-21(11-18)33-3)29-19(15-35-26(29)28-16)12-22(30)27-14-17-8-6-5-7-9-17/h5-11,13,15,24H,12,14H2,1-4H3,(H,27,30)/t24-/m0/s1. The van der Waals surface area contributed by atoms with Crippen LogP contribution in [0.2, 0.25) is 0 Å². The summed E-state index contributed by atoms with van der Waals surface area (Å²) >= 11 is 1.42. The van der Waals surface area contributed by atoms with Crippen molar-refractivity contribution in [2.75, 3.05) is 21.3 Å². The van der Waals surface area contributed by atoms with Crippen molar-refractivity contribution in [1.82, 2.24) is 10.2 Å². The van der Waals surface area contributed by atoms with Gasteiger partial charge in [-0.2, -0.15) is 0 Å². The number of aliphatic imine (C=N–C) groups is 1. The van der Waals surface area contributed by atoms with E-state index in [2.05, 4.69) is 10.3 Å². The van der Waals surface area contributed by atoms with Crippen LogP contribution >= 0.6 is 11.8 Å². The molecule has 2 heterocycles. The predicted molar refractivity (Wildman–Crippen MR) is 135 cm³/mol. The first-order valence-corrected chi connectivity index (χ1v) is 11.9. The van der Waals surface area contributed by atoms with Gasteiger partial charge in [0, 0.05) is 18.3 Å². The Morgan fingerprint density at radius 3 is 2.37 bits per heavy atom. The Kier molecular flexibility index (Phi) is 7.45. The number of carbonyl (C=O) groups is 2. The van der Waals surface area contributed by atoms with Crippen molar-refractivity contribution in [3.8, 4) is 11.5 Å². The Labute approximate surface area is 208 Å². The third-order valence-electron chi connectivity index (χ3n) is 5.77. The van der Waals surface area contributed by atoms with Gasteiger partial charge in [0.15, 0.2) is 5.17 Å². The smallest absolute Gasteiger partial charge is 0.338 e. The van der Waals surface area contributed by atoms with Crippen molar-refractivity contribution in [2.45, 2.75) is 25.9 Å². The topological polar surface area (TPSA) is 89.5 Å². The van der Waals surface area contributed by atoms with E-state index >= 15 is 0 Å². The van der Waals surface area contributed by atoms with Crippen molar-refractivity contribution >= 4 is 28.8 Å². The second kappa shape index (κ2) is 10.7. The molecule has 2 aromatic carbocycles. The molecule has 8 nitrogen and oxygen atoms in total. The second-order valence-corrected chi connectivity index (χ2v) is 8.81. The van der Waals surface area contributed by atoms with E-state index in [1.807, 2.05) is 52.8 Å². The van der Waals surface area contributed by atoms with Gasteiger partial charge in [-0.3, -0.25) is 4.79 Å². The van der Waals surface area contributed by atoms with E-state index in [0.717, 1.165) is 16.8 Å². The zero-order valence-electron chi connectivity index (χ0n) is 20.0. The number of amidine groups is 1. The number of thioether (sulfide) groups is 1. The number of fused-ring (bicyclic) bond motifs is 1. The van der Waals surface area contributed by atoms with Crippen LogP contribution in [0.25, 0.3) is 0 Å². The molecule has 2 aromatic rings. The highest BCUT2D eigenvalue weighted by Gasteiger charge is 2.41. The van der Waals surface area contributed by atoms with Gasteiger partial charge in [-0.05, 0) is 35.6 Å². The second-order valence-electron chi connectivity index (χ2n) is 7.97. The van der Waals surface area contributed by atoms with E-state index in [0.29, 0.717) is 34.5 Å². The lowest BCUT2D eigenvalue weighted by molar-refractivity contribution is -0.136. The van der Waals surface area contributed by atoms with Gasteiger partial charge in [0.25, 0.3) is 0 Å². The first-order chi connectivity index (χ1) is 16.9. The third kappa shape index (κ3) is 5.19. The van der Waals surface area contributed by atoms with Crippen molar-refractivity contribution in [1.29, 1.82) is 0 Å². The summed E-state index contributed by atoms with van der Waals surface area (Å²) < 4.78 is 16.1. The number of esters is 1. The Morgan fingerprint density at radius 2 is 1.74 bits per heavy atom. The third-order valence-corrected chi connectivity index (χ3v) is 6.66. The van der Waals surface area contributed by atoms with Gasteiger partial charge < -0.3 is 24.4 Å². The van der Waals surface area contributed by atoms with Gasteiger partial charge in [0.2, 0.25) is 5.91 Å². The zero-order valence-corrected chi connectivity index (χ0v) is 20.8. The van der Waals surface area contributed by atoms with E-state index in [1.54, 1.807) is 27.2 Å². The van der Waals surface area contributed by atoms with E-state index in [-0.39, 0.29) is 12.3 Å². The highest BCUT2D eigenvalue weighted by atomic mass is 32.2. The molecule has 4 rings (SSSR count). The van der Waals surface area contributed by atoms with E-state index in [4.69, 9.17) is 14.2 Å². The van der Waals surface area contributed by atoms with Crippen LogP contribution in [0.4, 0.5) is 0 Å². The molecular weight excluding hydrogens is 466 g/mol. The van der Waals surface area contributed by atoms with Crippen LogP contribution in [0.15, 0.2) is 75.9 Å². The number of rotatable bonds is 8. The Morgan fingerprint density at radius 1 is 1.06 bits per heavy atom. The SMILES string of the molecule is COC(=O)C1=C(C)N=C2SC=C(CC(=O)NCc3ccccc3)N2[C@H]1c1cc(OC)cc(OC)c1. The quantitative estimate of drug-likeness (QED) is 0.553. The lowest BCUT2D eigenvalue weighted by Gasteiger charge is -2.36. The molecule has 0 saturated heterocycles. The molecule has 182 valence electrons. The molecular formula is C26H27N3O5S. The summed E-state index contributed by atoms with van der Waals surface area (Å²) in [5, 5.41) is 5.56. The minimum Gasteiger partial charge on any atom is -0.497 e. The average Bonchev–Trinajstić information content (AvgIpc) is 3.27. The largest absolute Gasteiger partial charge is 0.497 e. The zero-order chi connectivity index (χ0) is 24.9. The van der Waals surface area contributed by atoms with E-state index in [9.17, 15) is 9.59 Å². The number of allylic oxidation sites excluding steroid dienone is 1. The molecule has 0 aromatic heterocycles. The molecule has 0 fully saturated rings. The number of benzene rings is 2. The van der Waals surface area contributed by atoms with Gasteiger partial charge in [-0.1, -0.05) is 42.1 Å². The number of nitrogens with zero attached hydrogens (tertiary/aromatic N) is 2. The monoisotopic (exact) mass is 493 g/mol. The lowest BCUT2D eigenvalue weighted by atomic mass is 9.93. The maximum atomic E-state index is 12.9. The molecule has 35 heavy (non-hydrogen) atoms. The number of methoxy groups -OCH3 is 3. The number of hydrogen-bond donors (Lipinski definition) is 1. The molecule has 0 bridgehead atoms. The van der Waals surface area contributed by atoms with Gasteiger partial charge in [0.1, 0.15) is 11.5 Å². The number of carbonyl (C=O) groups excluding carboxylic acids is 2. The first kappa shape index (κ1) is 24.4. The summed E-state index contributed by atoms with van der Waals surface area (Å²) in [5.41, 5.74) is 3.46. The number of nitrogens with one attached hydrogen (secondary N) is 1. The summed E-state index contributed by atoms with van der Waals surface area (Å²) in [5.74, 6) is 0.559. The van der Waals surface area contributed by atoms with Crippen LogP contribution in [0.3, 0.4) is 0 Å². The molecule has 1 atom stereocenters. The molecule has 2 aliphatic heterocycles. The van der Waals surface area contributed by atoms with Crippen molar-refractivity contribution in [2.24, 2.45) is 4.99 Å². The fourth-order valence-corrected chi connectivity index (χ4v) is 5.03. The summed E-state index contributed by atoms with van der Waals surface area (Å²) in [6.07, 6.45) is 0.129. The molecule has 0 saturated carbocycles. The molecule has 0 radical (unpaired) electrons. The van der Waals surface area contributed by atoms with Crippen LogP contribution in [0, 0.1) is 0 Å². The van der Waals surface area contributed by atoms with Crippen LogP contribution in [-0.2, 0) is 20.9 Å². The summed E-state index contributed by atoms with van der Waals surface area (Å²) in [6.45, 7) is 2.22. The van der Waals surface area contributed by atoms with Crippen LogP contribution in [0.5, 0.6) is 11.5 Å². The van der Waals surface area contributed by atoms with Crippen LogP contribution in [0.1, 0.15) is 30.5 Å². The predicted octanol–water partition coefficient (Wildman–Crippen LogP) is 4.16. The maximum Gasteiger partial charge on any atom is 0.338 e. The molecule has 0 unspecified atom stereocenters. The molecule has 9 heteroatoms. The Bertz CT molecular complexity index is 1200. The molecule has 0 spiro atoms. The molecule has 1 N–H and O–H groups in total. The number of amides is 1. The average molecular weight is 494 g/mol. The van der Waals surface area contributed by atoms with E-state index < -0.39 is 12.0 Å². The number of hydrogen-bond acceptors (Lipinski definition) is 8. The van der Waals surface area contributed by atoms with Crippen molar-refractivity contribution in [3.05, 3.63) is 82.0 Å². The normalized spacial score (nSPS) is 16.8. The molecule has 1 amide bonds. The van der Waals surface area contributed by atoms with Gasteiger partial charge >= 0.3 is 5.97 Å². The highest BCUT2D eigenvalue weighted by molar-refractivity contribution is 8.16. The summed E-state index contributed by atoms with van der Waals surface area (Å²) in [7, 11) is 4.49. The minimum atomic E-state index is -0.567. The summed E-state index contributed by atoms with van der Waals surface area (Å²) in [6, 6.07) is 14.6. The van der Waals surface area contributed by atoms with Gasteiger partial charge in [0.05, 0.1) is 45.1 Å². The lowest BCUT2D eigenvalue weighted by Crippen LogP contribution is -2.38. The Hall–Kier alpha value is -3.72. The van der Waals surface area contributed by atoms with Gasteiger partial charge in [-0.15, -0.1) is 0 Å². The number of ether oxygens (including phenoxy) is 3. The minimum absolute atomic E-state index is 0.129. The molecule has 2 aliphatic rings. The molecule has 0 aliphatic carbocycles. The fraction of sp³-hybridized carbons (Fsp3) is 0.269. The van der Waals surface area contributed by atoms with E-state index in [1.165, 1.54) is 18.9 Å². The van der Waals surface area contributed by atoms with Crippen molar-refractivity contribution < 1.29 is 23.8 Å². The summed E-state index contributed by atoms with van der Waals surface area (Å²) in [4.78, 5) is 32.3. The van der Waals surface area contributed by atoms with Crippen molar-refractivity contribution in [3.63, 3.8) is 0 Å². The first-order valence-electron chi connectivity index (χ1n) is 11.0. The van der Waals surface area contributed by atoms with Gasteiger partial charge in [-0.25, -0.2) is 9.79 Å². The fourth-order valence-electron chi connectivity index (χ4n) is 4.07. The highest BCUT2D eigenvalue weighted by Crippen LogP contribution is 2.46. The van der Waals surface area contributed by atoms with Crippen LogP contribution < -0.4 is 14.8 Å².